The highest BCUT2D eigenvalue weighted by atomic mass is 19.1. The molecular formula is C21H23FN4O3. The average molecular weight is 398 g/mol. The highest BCUT2D eigenvalue weighted by Crippen LogP contribution is 2.11. The molecule has 1 N–H and O–H groups in total. The lowest BCUT2D eigenvalue weighted by molar-refractivity contribution is -0.130. The second-order valence-electron chi connectivity index (χ2n) is 6.83. The van der Waals surface area contributed by atoms with Gasteiger partial charge in [0.25, 0.3) is 11.8 Å². The molecule has 8 heteroatoms. The molecule has 0 radical (unpaired) electrons. The van der Waals surface area contributed by atoms with E-state index in [1.54, 1.807) is 34.1 Å². The van der Waals surface area contributed by atoms with Gasteiger partial charge in [-0.05, 0) is 30.2 Å². The van der Waals surface area contributed by atoms with Crippen LogP contribution >= 0.6 is 0 Å². The number of hydrogen-bond acceptors (Lipinski definition) is 4. The number of aromatic nitrogens is 1. The Kier molecular flexibility index (Phi) is 6.54. The Hall–Kier alpha value is -3.29. The second kappa shape index (κ2) is 9.27. The quantitative estimate of drug-likeness (QED) is 0.828. The molecule has 0 atom stereocenters. The van der Waals surface area contributed by atoms with Crippen LogP contribution in [-0.2, 0) is 11.2 Å². The average Bonchev–Trinajstić information content (AvgIpc) is 2.74. The molecule has 1 saturated heterocycles. The smallest absolute Gasteiger partial charge is 0.269 e. The van der Waals surface area contributed by atoms with Crippen molar-refractivity contribution >= 4 is 17.7 Å². The first-order valence-electron chi connectivity index (χ1n) is 9.48. The molecule has 2 heterocycles. The summed E-state index contributed by atoms with van der Waals surface area (Å²) in [5.74, 6) is -0.930. The van der Waals surface area contributed by atoms with Crippen LogP contribution in [0.25, 0.3) is 0 Å². The summed E-state index contributed by atoms with van der Waals surface area (Å²) in [7, 11) is 0. The minimum absolute atomic E-state index is 0.00430. The fourth-order valence-corrected chi connectivity index (χ4v) is 3.20. The number of rotatable bonds is 5. The third kappa shape index (κ3) is 5.16. The number of piperazine rings is 1. The van der Waals surface area contributed by atoms with Crippen molar-refractivity contribution in [1.82, 2.24) is 20.1 Å². The number of nitrogens with zero attached hydrogens (tertiary/aromatic N) is 3. The Morgan fingerprint density at radius 1 is 1.07 bits per heavy atom. The van der Waals surface area contributed by atoms with E-state index in [2.05, 4.69) is 10.3 Å². The molecule has 2 aromatic rings. The zero-order valence-electron chi connectivity index (χ0n) is 16.2. The molecule has 3 amide bonds. The van der Waals surface area contributed by atoms with Crippen LogP contribution in [0.15, 0.2) is 42.6 Å². The fourth-order valence-electron chi connectivity index (χ4n) is 3.20. The summed E-state index contributed by atoms with van der Waals surface area (Å²) < 4.78 is 13.6. The minimum atomic E-state index is -0.419. The van der Waals surface area contributed by atoms with Crippen molar-refractivity contribution in [2.45, 2.75) is 13.3 Å². The SMILES string of the molecule is CC(=O)N1CCN(C(=O)c2ccnc(C(=O)NCCc3ccccc3F)c2)CC1. The summed E-state index contributed by atoms with van der Waals surface area (Å²) in [6.45, 7) is 3.66. The van der Waals surface area contributed by atoms with Crippen molar-refractivity contribution < 1.29 is 18.8 Å². The van der Waals surface area contributed by atoms with Crippen LogP contribution in [0.1, 0.15) is 33.3 Å². The van der Waals surface area contributed by atoms with Crippen molar-refractivity contribution in [2.75, 3.05) is 32.7 Å². The third-order valence-electron chi connectivity index (χ3n) is 4.89. The normalized spacial score (nSPS) is 13.9. The number of carbonyl (C=O) groups excluding carboxylic acids is 3. The van der Waals surface area contributed by atoms with Gasteiger partial charge in [-0.1, -0.05) is 18.2 Å². The first-order valence-corrected chi connectivity index (χ1v) is 9.48. The second-order valence-corrected chi connectivity index (χ2v) is 6.83. The van der Waals surface area contributed by atoms with E-state index in [0.29, 0.717) is 43.7 Å². The van der Waals surface area contributed by atoms with Crippen LogP contribution < -0.4 is 5.32 Å². The summed E-state index contributed by atoms with van der Waals surface area (Å²) in [5, 5.41) is 2.70. The summed E-state index contributed by atoms with van der Waals surface area (Å²) in [6, 6.07) is 9.43. The van der Waals surface area contributed by atoms with Gasteiger partial charge in [-0.15, -0.1) is 0 Å². The number of benzene rings is 1. The first-order chi connectivity index (χ1) is 14.0. The summed E-state index contributed by atoms with van der Waals surface area (Å²) in [5.41, 5.74) is 1.02. The monoisotopic (exact) mass is 398 g/mol. The maximum atomic E-state index is 13.6. The Bertz CT molecular complexity index is 910. The molecule has 7 nitrogen and oxygen atoms in total. The lowest BCUT2D eigenvalue weighted by Gasteiger charge is -2.34. The van der Waals surface area contributed by atoms with Crippen LogP contribution in [0, 0.1) is 5.82 Å². The molecule has 1 aliphatic heterocycles. The van der Waals surface area contributed by atoms with Gasteiger partial charge in [0.05, 0.1) is 0 Å². The molecule has 1 aromatic heterocycles. The van der Waals surface area contributed by atoms with Gasteiger partial charge >= 0.3 is 0 Å². The molecule has 29 heavy (non-hydrogen) atoms. The zero-order chi connectivity index (χ0) is 20.8. The predicted molar refractivity (Wildman–Crippen MR) is 105 cm³/mol. The molecule has 0 spiro atoms. The van der Waals surface area contributed by atoms with E-state index >= 15 is 0 Å². The number of nitrogens with one attached hydrogen (secondary N) is 1. The van der Waals surface area contributed by atoms with Gasteiger partial charge < -0.3 is 15.1 Å². The molecule has 0 aliphatic carbocycles. The standard InChI is InChI=1S/C21H23FN4O3/c1-15(27)25-10-12-26(13-11-25)21(29)17-7-8-23-19(14-17)20(28)24-9-6-16-4-2-3-5-18(16)22/h2-5,7-8,14H,6,9-13H2,1H3,(H,24,28). The molecule has 0 bridgehead atoms. The lowest BCUT2D eigenvalue weighted by atomic mass is 10.1. The van der Waals surface area contributed by atoms with Gasteiger partial charge in [0.1, 0.15) is 11.5 Å². The van der Waals surface area contributed by atoms with Crippen LogP contribution in [0.5, 0.6) is 0 Å². The summed E-state index contributed by atoms with van der Waals surface area (Å²) in [4.78, 5) is 43.9. The van der Waals surface area contributed by atoms with Crippen LogP contribution in [-0.4, -0.2) is 65.2 Å². The van der Waals surface area contributed by atoms with Gasteiger partial charge in [0.2, 0.25) is 5.91 Å². The number of hydrogen-bond donors (Lipinski definition) is 1. The maximum Gasteiger partial charge on any atom is 0.269 e. The van der Waals surface area contributed by atoms with Crippen LogP contribution in [0.2, 0.25) is 0 Å². The molecule has 1 aliphatic rings. The fraction of sp³-hybridized carbons (Fsp3) is 0.333. The largest absolute Gasteiger partial charge is 0.350 e. The Morgan fingerprint density at radius 3 is 2.45 bits per heavy atom. The summed E-state index contributed by atoms with van der Waals surface area (Å²) in [6.07, 6.45) is 1.78. The van der Waals surface area contributed by atoms with Gasteiger partial charge in [0.15, 0.2) is 0 Å². The molecule has 152 valence electrons. The molecule has 0 saturated carbocycles. The number of carbonyl (C=O) groups is 3. The molecular weight excluding hydrogens is 375 g/mol. The molecule has 1 fully saturated rings. The van der Waals surface area contributed by atoms with E-state index < -0.39 is 5.91 Å². The minimum Gasteiger partial charge on any atom is -0.350 e. The molecule has 0 unspecified atom stereocenters. The van der Waals surface area contributed by atoms with E-state index in [0.717, 1.165) is 0 Å². The highest BCUT2D eigenvalue weighted by molar-refractivity contribution is 5.98. The van der Waals surface area contributed by atoms with Crippen LogP contribution in [0.4, 0.5) is 4.39 Å². The first kappa shape index (κ1) is 20.4. The Morgan fingerprint density at radius 2 is 1.76 bits per heavy atom. The highest BCUT2D eigenvalue weighted by Gasteiger charge is 2.24. The van der Waals surface area contributed by atoms with E-state index in [9.17, 15) is 18.8 Å². The van der Waals surface area contributed by atoms with Crippen molar-refractivity contribution in [3.8, 4) is 0 Å². The van der Waals surface area contributed by atoms with Crippen molar-refractivity contribution in [3.63, 3.8) is 0 Å². The zero-order valence-corrected chi connectivity index (χ0v) is 16.2. The van der Waals surface area contributed by atoms with E-state index in [4.69, 9.17) is 0 Å². The summed E-state index contributed by atoms with van der Waals surface area (Å²) >= 11 is 0. The number of amides is 3. The van der Waals surface area contributed by atoms with Gasteiger partial charge in [-0.3, -0.25) is 19.4 Å². The van der Waals surface area contributed by atoms with Crippen molar-refractivity contribution in [3.05, 3.63) is 65.2 Å². The third-order valence-corrected chi connectivity index (χ3v) is 4.89. The topological polar surface area (TPSA) is 82.6 Å². The Labute approximate surface area is 168 Å². The van der Waals surface area contributed by atoms with E-state index in [1.807, 2.05) is 0 Å². The number of pyridine rings is 1. The van der Waals surface area contributed by atoms with E-state index in [-0.39, 0.29) is 29.9 Å². The molecule has 1 aromatic carbocycles. The van der Waals surface area contributed by atoms with Crippen molar-refractivity contribution in [1.29, 1.82) is 0 Å². The predicted octanol–water partition coefficient (Wildman–Crippen LogP) is 1.50. The number of halogens is 1. The Balaban J connectivity index is 1.57. The van der Waals surface area contributed by atoms with Crippen molar-refractivity contribution in [2.24, 2.45) is 0 Å². The maximum absolute atomic E-state index is 13.6. The van der Waals surface area contributed by atoms with Gasteiger partial charge in [-0.25, -0.2) is 4.39 Å². The van der Waals surface area contributed by atoms with E-state index in [1.165, 1.54) is 25.3 Å². The van der Waals surface area contributed by atoms with Crippen LogP contribution in [0.3, 0.4) is 0 Å². The lowest BCUT2D eigenvalue weighted by Crippen LogP contribution is -2.50. The molecule has 3 rings (SSSR count). The van der Waals surface area contributed by atoms with Gasteiger partial charge in [0, 0.05) is 51.4 Å². The van der Waals surface area contributed by atoms with Gasteiger partial charge in [-0.2, -0.15) is 0 Å².